The van der Waals surface area contributed by atoms with E-state index >= 15 is 0 Å². The highest BCUT2D eigenvalue weighted by molar-refractivity contribution is 5.86. The lowest BCUT2D eigenvalue weighted by Gasteiger charge is -2.40. The Hall–Kier alpha value is -1.69. The minimum atomic E-state index is -0.956. The van der Waals surface area contributed by atoms with Gasteiger partial charge < -0.3 is 14.9 Å². The zero-order valence-electron chi connectivity index (χ0n) is 12.2. The van der Waals surface area contributed by atoms with Gasteiger partial charge in [-0.25, -0.2) is 14.8 Å². The first-order valence-electron chi connectivity index (χ1n) is 7.71. The quantitative estimate of drug-likeness (QED) is 0.905. The second-order valence-electron chi connectivity index (χ2n) is 6.56. The predicted molar refractivity (Wildman–Crippen MR) is 77.8 cm³/mol. The summed E-state index contributed by atoms with van der Waals surface area (Å²) in [5.74, 6) is 0.961. The molecule has 3 heterocycles. The van der Waals surface area contributed by atoms with Crippen LogP contribution in [0.4, 0.5) is 5.82 Å². The highest BCUT2D eigenvalue weighted by Crippen LogP contribution is 2.40. The summed E-state index contributed by atoms with van der Waals surface area (Å²) in [6.07, 6.45) is 4.50. The number of carbonyl (C=O) groups is 1. The topological polar surface area (TPSA) is 69.6 Å². The fourth-order valence-corrected chi connectivity index (χ4v) is 3.71. The SMILES string of the molecule is CN1C[C@H]2CC[C@@H](C1)N2c1cc(C(=O)O)nc(C2CC2)n1. The number of likely N-dealkylation sites (tertiary alicyclic amines) is 1. The molecule has 1 N–H and O–H groups in total. The van der Waals surface area contributed by atoms with E-state index in [1.165, 1.54) is 12.8 Å². The van der Waals surface area contributed by atoms with Gasteiger partial charge in [0, 0.05) is 37.2 Å². The lowest BCUT2D eigenvalue weighted by atomic mass is 10.2. The molecule has 3 fully saturated rings. The van der Waals surface area contributed by atoms with Gasteiger partial charge in [-0.3, -0.25) is 0 Å². The molecule has 6 heteroatoms. The first-order chi connectivity index (χ1) is 10.1. The van der Waals surface area contributed by atoms with E-state index in [1.807, 2.05) is 0 Å². The first-order valence-corrected chi connectivity index (χ1v) is 7.71. The maximum absolute atomic E-state index is 11.3. The van der Waals surface area contributed by atoms with Crippen LogP contribution < -0.4 is 4.90 Å². The van der Waals surface area contributed by atoms with E-state index in [2.05, 4.69) is 21.8 Å². The zero-order valence-corrected chi connectivity index (χ0v) is 12.2. The van der Waals surface area contributed by atoms with Gasteiger partial charge in [0.2, 0.25) is 0 Å². The van der Waals surface area contributed by atoms with Gasteiger partial charge in [0.1, 0.15) is 11.6 Å². The van der Waals surface area contributed by atoms with Crippen molar-refractivity contribution in [3.63, 3.8) is 0 Å². The van der Waals surface area contributed by atoms with Crippen molar-refractivity contribution in [3.8, 4) is 0 Å². The van der Waals surface area contributed by atoms with Crippen molar-refractivity contribution < 1.29 is 9.90 Å². The average Bonchev–Trinajstić information content (AvgIpc) is 3.25. The van der Waals surface area contributed by atoms with Crippen LogP contribution in [-0.4, -0.2) is 58.2 Å². The number of aromatic carboxylic acids is 1. The molecule has 2 atom stereocenters. The summed E-state index contributed by atoms with van der Waals surface area (Å²) in [4.78, 5) is 25.0. The maximum atomic E-state index is 11.3. The number of fused-ring (bicyclic) bond motifs is 2. The Bertz CT molecular complexity index is 573. The molecule has 2 bridgehead atoms. The molecular weight excluding hydrogens is 268 g/mol. The number of carboxylic acids is 1. The summed E-state index contributed by atoms with van der Waals surface area (Å²) in [6, 6.07) is 2.57. The summed E-state index contributed by atoms with van der Waals surface area (Å²) in [5, 5.41) is 9.31. The molecule has 0 spiro atoms. The highest BCUT2D eigenvalue weighted by atomic mass is 16.4. The van der Waals surface area contributed by atoms with Crippen molar-refractivity contribution in [1.82, 2.24) is 14.9 Å². The van der Waals surface area contributed by atoms with Gasteiger partial charge in [-0.2, -0.15) is 0 Å². The van der Waals surface area contributed by atoms with E-state index in [9.17, 15) is 9.90 Å². The third-order valence-corrected chi connectivity index (χ3v) is 4.82. The number of rotatable bonds is 3. The van der Waals surface area contributed by atoms with Crippen LogP contribution in [0.1, 0.15) is 47.9 Å². The van der Waals surface area contributed by atoms with Gasteiger partial charge >= 0.3 is 5.97 Å². The van der Waals surface area contributed by atoms with Crippen molar-refractivity contribution in [3.05, 3.63) is 17.6 Å². The predicted octanol–water partition coefficient (Wildman–Crippen LogP) is 1.33. The first kappa shape index (κ1) is 13.0. The molecule has 1 aromatic heterocycles. The molecule has 0 aromatic carbocycles. The van der Waals surface area contributed by atoms with Crippen molar-refractivity contribution in [2.45, 2.75) is 43.7 Å². The Kier molecular flexibility index (Phi) is 2.89. The van der Waals surface area contributed by atoms with Gasteiger partial charge in [-0.15, -0.1) is 0 Å². The summed E-state index contributed by atoms with van der Waals surface area (Å²) >= 11 is 0. The molecular formula is C15H20N4O2. The average molecular weight is 288 g/mol. The lowest BCUT2D eigenvalue weighted by Crippen LogP contribution is -2.52. The number of hydrogen-bond acceptors (Lipinski definition) is 5. The molecule has 2 saturated heterocycles. The van der Waals surface area contributed by atoms with E-state index in [0.29, 0.717) is 18.0 Å². The van der Waals surface area contributed by atoms with Crippen LogP contribution in [0.15, 0.2) is 6.07 Å². The second-order valence-corrected chi connectivity index (χ2v) is 6.56. The number of aromatic nitrogens is 2. The number of likely N-dealkylation sites (N-methyl/N-ethyl adjacent to an activating group) is 1. The van der Waals surface area contributed by atoms with Crippen LogP contribution in [0.2, 0.25) is 0 Å². The third-order valence-electron chi connectivity index (χ3n) is 4.82. The monoisotopic (exact) mass is 288 g/mol. The zero-order chi connectivity index (χ0) is 14.6. The van der Waals surface area contributed by atoms with Gasteiger partial charge in [0.05, 0.1) is 0 Å². The Balaban J connectivity index is 1.72. The Labute approximate surface area is 123 Å². The lowest BCUT2D eigenvalue weighted by molar-refractivity contribution is 0.0690. The maximum Gasteiger partial charge on any atom is 0.354 e. The molecule has 4 rings (SSSR count). The van der Waals surface area contributed by atoms with E-state index in [1.54, 1.807) is 6.07 Å². The fraction of sp³-hybridized carbons (Fsp3) is 0.667. The van der Waals surface area contributed by atoms with Crippen molar-refractivity contribution in [2.75, 3.05) is 25.0 Å². The molecule has 21 heavy (non-hydrogen) atoms. The molecule has 2 aliphatic heterocycles. The second kappa shape index (κ2) is 4.66. The molecule has 112 valence electrons. The smallest absolute Gasteiger partial charge is 0.354 e. The molecule has 1 aromatic rings. The Morgan fingerprint density at radius 2 is 1.86 bits per heavy atom. The van der Waals surface area contributed by atoms with Crippen molar-refractivity contribution in [1.29, 1.82) is 0 Å². The number of nitrogens with zero attached hydrogens (tertiary/aromatic N) is 4. The number of hydrogen-bond donors (Lipinski definition) is 1. The number of piperazine rings is 1. The summed E-state index contributed by atoms with van der Waals surface area (Å²) in [7, 11) is 2.15. The van der Waals surface area contributed by atoms with E-state index in [0.717, 1.165) is 37.6 Å². The molecule has 1 aliphatic carbocycles. The molecule has 1 saturated carbocycles. The van der Waals surface area contributed by atoms with E-state index in [4.69, 9.17) is 4.98 Å². The van der Waals surface area contributed by atoms with Crippen LogP contribution in [-0.2, 0) is 0 Å². The van der Waals surface area contributed by atoms with Crippen LogP contribution in [0.5, 0.6) is 0 Å². The largest absolute Gasteiger partial charge is 0.477 e. The normalized spacial score (nSPS) is 28.9. The van der Waals surface area contributed by atoms with Crippen LogP contribution in [0, 0.1) is 0 Å². The number of anilines is 1. The van der Waals surface area contributed by atoms with Crippen molar-refractivity contribution >= 4 is 11.8 Å². The Morgan fingerprint density at radius 1 is 1.19 bits per heavy atom. The minimum Gasteiger partial charge on any atom is -0.477 e. The Morgan fingerprint density at radius 3 is 2.43 bits per heavy atom. The van der Waals surface area contributed by atoms with Crippen LogP contribution in [0.25, 0.3) is 0 Å². The van der Waals surface area contributed by atoms with Gasteiger partial charge in [0.15, 0.2) is 5.69 Å². The third kappa shape index (κ3) is 2.27. The van der Waals surface area contributed by atoms with Gasteiger partial charge in [-0.05, 0) is 32.7 Å². The summed E-state index contributed by atoms with van der Waals surface area (Å²) in [5.41, 5.74) is 0.139. The molecule has 6 nitrogen and oxygen atoms in total. The van der Waals surface area contributed by atoms with Crippen LogP contribution >= 0.6 is 0 Å². The highest BCUT2D eigenvalue weighted by Gasteiger charge is 2.40. The van der Waals surface area contributed by atoms with Crippen LogP contribution in [0.3, 0.4) is 0 Å². The molecule has 0 unspecified atom stereocenters. The van der Waals surface area contributed by atoms with Gasteiger partial charge in [-0.1, -0.05) is 0 Å². The molecule has 3 aliphatic rings. The molecule has 0 radical (unpaired) electrons. The van der Waals surface area contributed by atoms with E-state index in [-0.39, 0.29) is 5.69 Å². The van der Waals surface area contributed by atoms with Crippen molar-refractivity contribution in [2.24, 2.45) is 0 Å². The summed E-state index contributed by atoms with van der Waals surface area (Å²) < 4.78 is 0. The fourth-order valence-electron chi connectivity index (χ4n) is 3.71. The summed E-state index contributed by atoms with van der Waals surface area (Å²) in [6.45, 7) is 2.06. The molecule has 0 amide bonds. The van der Waals surface area contributed by atoms with Gasteiger partial charge in [0.25, 0.3) is 0 Å². The number of carboxylic acid groups (broad SMARTS) is 1. The minimum absolute atomic E-state index is 0.139. The van der Waals surface area contributed by atoms with E-state index < -0.39 is 5.97 Å². The standard InChI is InChI=1S/C15H20N4O2/c1-18-7-10-4-5-11(8-18)19(10)13-6-12(15(20)21)16-14(17-13)9-2-3-9/h6,9-11H,2-5,7-8H2,1H3,(H,20,21)/t10-,11+.